The fraction of sp³-hybridized carbons (Fsp3) is 0.644. The standard InChI is InChI=1S/C59H96O12Si/c1-20-21-22-41(3)54(60)46(8)56(67-36-48-24-29-50(64-15)30-25-48)44(6)34-40(2)33-43(5)55(70-39-63-14)42(4)23-28-52(69-38-62-13)35-53(71-72(18,19)59(10,11)12)45(7)57(47(9)58(61)66-17)68-37-49-26-31-51(65-16)32-27-49/h20-33,41-47,52-57,60H,1,34-39H2,2-19H3/b22-21-,28-23-,40-33-/t41-,42-,43-,44-,45-,46+,47+,52+,53-,54-,55-,56+,57-/m0/s1. The normalized spacial score (nSPS) is 18.3. The van der Waals surface area contributed by atoms with Crippen LogP contribution >= 0.6 is 0 Å². The lowest BCUT2D eigenvalue weighted by molar-refractivity contribution is -0.155. The van der Waals surface area contributed by atoms with Crippen molar-refractivity contribution in [1.82, 2.24) is 0 Å². The molecular formula is C59H96O12Si. The Morgan fingerprint density at radius 1 is 0.681 bits per heavy atom. The van der Waals surface area contributed by atoms with E-state index in [4.69, 9.17) is 47.1 Å². The third-order valence-corrected chi connectivity index (χ3v) is 18.9. The summed E-state index contributed by atoms with van der Waals surface area (Å²) in [5.41, 5.74) is 3.18. The number of carbonyl (C=O) groups excluding carboxylic acids is 1. The van der Waals surface area contributed by atoms with Gasteiger partial charge in [-0.1, -0.05) is 135 Å². The van der Waals surface area contributed by atoms with Crippen molar-refractivity contribution < 1.29 is 57.0 Å². The first-order chi connectivity index (χ1) is 34.0. The molecule has 408 valence electrons. The highest BCUT2D eigenvalue weighted by atomic mass is 28.4. The highest BCUT2D eigenvalue weighted by Gasteiger charge is 2.44. The van der Waals surface area contributed by atoms with Gasteiger partial charge in [-0.15, -0.1) is 0 Å². The molecule has 0 fully saturated rings. The van der Waals surface area contributed by atoms with Gasteiger partial charge in [0.15, 0.2) is 8.32 Å². The summed E-state index contributed by atoms with van der Waals surface area (Å²) in [6, 6.07) is 15.6. The number of hydrogen-bond acceptors (Lipinski definition) is 12. The van der Waals surface area contributed by atoms with Gasteiger partial charge in [-0.05, 0) is 79.7 Å². The zero-order valence-electron chi connectivity index (χ0n) is 47.5. The number of aliphatic hydroxyl groups excluding tert-OH is 1. The van der Waals surface area contributed by atoms with E-state index in [1.54, 1.807) is 34.5 Å². The number of ether oxygens (including phenoxy) is 9. The van der Waals surface area contributed by atoms with Crippen LogP contribution in [0, 0.1) is 41.4 Å². The van der Waals surface area contributed by atoms with Crippen LogP contribution in [0.2, 0.25) is 18.1 Å². The molecule has 72 heavy (non-hydrogen) atoms. The number of benzene rings is 2. The molecule has 0 spiro atoms. The number of allylic oxidation sites excluding steroid dienone is 3. The van der Waals surface area contributed by atoms with E-state index in [2.05, 4.69) is 100 Å². The Bertz CT molecular complexity index is 1910. The predicted octanol–water partition coefficient (Wildman–Crippen LogP) is 12.6. The molecule has 12 nitrogen and oxygen atoms in total. The number of carbonyl (C=O) groups is 1. The minimum Gasteiger partial charge on any atom is -0.497 e. The molecule has 0 amide bonds. The Kier molecular flexibility index (Phi) is 29.2. The SMILES string of the molecule is C=C/C=C\[C@H](C)[C@H](O)[C@@H](C)[C@H](OCc1ccc(OC)cc1)[C@@H](C)C/C(C)=C\[C@H](C)[C@@H](OCOC)[C@@H](C)/C=C\[C@H](C[C@H](O[Si](C)(C)C(C)(C)C)[C@H](C)[C@H](OCc1ccc(OC)cc1)[C@@H](C)C(=O)OC)OCOC. The van der Waals surface area contributed by atoms with Crippen LogP contribution in [0.4, 0.5) is 0 Å². The topological polar surface area (TPSA) is 130 Å². The molecule has 2 aromatic carbocycles. The summed E-state index contributed by atoms with van der Waals surface area (Å²) in [5, 5.41) is 11.5. The molecule has 13 atom stereocenters. The van der Waals surface area contributed by atoms with Crippen LogP contribution in [0.25, 0.3) is 0 Å². The fourth-order valence-electron chi connectivity index (χ4n) is 9.07. The second kappa shape index (κ2) is 32.6. The Morgan fingerprint density at radius 3 is 1.69 bits per heavy atom. The van der Waals surface area contributed by atoms with E-state index < -0.39 is 32.5 Å². The lowest BCUT2D eigenvalue weighted by Crippen LogP contribution is -2.49. The first-order valence-electron chi connectivity index (χ1n) is 25.8. The maximum Gasteiger partial charge on any atom is 0.311 e. The second-order valence-corrected chi connectivity index (χ2v) is 26.1. The molecule has 0 unspecified atom stereocenters. The van der Waals surface area contributed by atoms with E-state index in [0.29, 0.717) is 13.0 Å². The van der Waals surface area contributed by atoms with Crippen LogP contribution in [-0.2, 0) is 55.6 Å². The van der Waals surface area contributed by atoms with Crippen molar-refractivity contribution in [2.24, 2.45) is 41.4 Å². The molecule has 0 radical (unpaired) electrons. The van der Waals surface area contributed by atoms with Crippen LogP contribution in [-0.4, -0.2) is 105 Å². The third-order valence-electron chi connectivity index (χ3n) is 14.4. The fourth-order valence-corrected chi connectivity index (χ4v) is 10.5. The minimum absolute atomic E-state index is 0.00538. The van der Waals surface area contributed by atoms with Crippen molar-refractivity contribution in [3.8, 4) is 11.5 Å². The average Bonchev–Trinajstić information content (AvgIpc) is 3.35. The zero-order valence-corrected chi connectivity index (χ0v) is 48.5. The summed E-state index contributed by atoms with van der Waals surface area (Å²) in [5.74, 6) is 0.120. The molecule has 2 aromatic rings. The number of methoxy groups -OCH3 is 5. The van der Waals surface area contributed by atoms with Crippen molar-refractivity contribution in [2.75, 3.05) is 49.1 Å². The molecule has 0 aliphatic carbocycles. The highest BCUT2D eigenvalue weighted by molar-refractivity contribution is 6.74. The van der Waals surface area contributed by atoms with Gasteiger partial charge < -0.3 is 52.2 Å². The molecule has 0 saturated carbocycles. The number of esters is 1. The lowest BCUT2D eigenvalue weighted by Gasteiger charge is -2.43. The van der Waals surface area contributed by atoms with Gasteiger partial charge in [0.2, 0.25) is 0 Å². The first-order valence-corrected chi connectivity index (χ1v) is 28.7. The third kappa shape index (κ3) is 21.3. The molecule has 0 saturated heterocycles. The van der Waals surface area contributed by atoms with Crippen molar-refractivity contribution in [3.63, 3.8) is 0 Å². The Hall–Kier alpha value is -3.63. The highest BCUT2D eigenvalue weighted by Crippen LogP contribution is 2.40. The van der Waals surface area contributed by atoms with Crippen LogP contribution in [0.15, 0.2) is 97.1 Å². The van der Waals surface area contributed by atoms with Crippen molar-refractivity contribution in [3.05, 3.63) is 108 Å². The lowest BCUT2D eigenvalue weighted by atomic mass is 9.81. The van der Waals surface area contributed by atoms with E-state index >= 15 is 0 Å². The molecular weight excluding hydrogens is 929 g/mol. The van der Waals surface area contributed by atoms with Crippen LogP contribution in [0.1, 0.15) is 100 Å². The van der Waals surface area contributed by atoms with Crippen molar-refractivity contribution in [2.45, 2.75) is 157 Å². The largest absolute Gasteiger partial charge is 0.497 e. The Labute approximate surface area is 436 Å². The second-order valence-electron chi connectivity index (χ2n) is 21.3. The average molecular weight is 1030 g/mol. The van der Waals surface area contributed by atoms with Gasteiger partial charge in [-0.3, -0.25) is 4.79 Å². The zero-order chi connectivity index (χ0) is 54.2. The quantitative estimate of drug-likeness (QED) is 0.0232. The Balaban J connectivity index is 2.50. The van der Waals surface area contributed by atoms with Crippen molar-refractivity contribution in [1.29, 1.82) is 0 Å². The van der Waals surface area contributed by atoms with Gasteiger partial charge in [0.25, 0.3) is 0 Å². The summed E-state index contributed by atoms with van der Waals surface area (Å²) in [6.45, 7) is 32.6. The van der Waals surface area contributed by atoms with E-state index in [1.807, 2.05) is 74.5 Å². The molecule has 0 heterocycles. The summed E-state index contributed by atoms with van der Waals surface area (Å²) in [6.07, 6.45) is 10.9. The van der Waals surface area contributed by atoms with Crippen LogP contribution < -0.4 is 9.47 Å². The first kappa shape index (κ1) is 64.5. The molecule has 1 N–H and O–H groups in total. The van der Waals surface area contributed by atoms with Gasteiger partial charge in [-0.25, -0.2) is 0 Å². The summed E-state index contributed by atoms with van der Waals surface area (Å²) < 4.78 is 60.5. The maximum absolute atomic E-state index is 13.2. The van der Waals surface area contributed by atoms with E-state index in [-0.39, 0.29) is 85.0 Å². The molecule has 0 aliphatic heterocycles. The van der Waals surface area contributed by atoms with Crippen LogP contribution in [0.3, 0.4) is 0 Å². The van der Waals surface area contributed by atoms with E-state index in [1.165, 1.54) is 12.7 Å². The molecule has 13 heteroatoms. The molecule has 2 rings (SSSR count). The molecule has 0 bridgehead atoms. The Morgan fingerprint density at radius 2 is 1.21 bits per heavy atom. The minimum atomic E-state index is -2.38. The smallest absolute Gasteiger partial charge is 0.311 e. The van der Waals surface area contributed by atoms with Crippen molar-refractivity contribution >= 4 is 14.3 Å². The summed E-state index contributed by atoms with van der Waals surface area (Å²) in [7, 11) is 5.57. The maximum atomic E-state index is 13.2. The summed E-state index contributed by atoms with van der Waals surface area (Å²) in [4.78, 5) is 13.2. The number of rotatable bonds is 35. The van der Waals surface area contributed by atoms with Gasteiger partial charge in [0, 0.05) is 50.2 Å². The van der Waals surface area contributed by atoms with Gasteiger partial charge >= 0.3 is 5.97 Å². The monoisotopic (exact) mass is 1020 g/mol. The molecule has 0 aromatic heterocycles. The van der Waals surface area contributed by atoms with E-state index in [0.717, 1.165) is 29.0 Å². The number of aliphatic hydroxyl groups is 1. The van der Waals surface area contributed by atoms with E-state index in [9.17, 15) is 9.90 Å². The number of hydrogen-bond donors (Lipinski definition) is 1. The summed E-state index contributed by atoms with van der Waals surface area (Å²) >= 11 is 0. The van der Waals surface area contributed by atoms with Gasteiger partial charge in [0.05, 0.1) is 77.1 Å². The van der Waals surface area contributed by atoms with Gasteiger partial charge in [-0.2, -0.15) is 0 Å². The molecule has 0 aliphatic rings. The predicted molar refractivity (Wildman–Crippen MR) is 292 cm³/mol. The van der Waals surface area contributed by atoms with Crippen LogP contribution in [0.5, 0.6) is 11.5 Å². The van der Waals surface area contributed by atoms with Gasteiger partial charge in [0.1, 0.15) is 25.1 Å².